The van der Waals surface area contributed by atoms with E-state index >= 15 is 0 Å². The van der Waals surface area contributed by atoms with Crippen molar-refractivity contribution in [1.29, 1.82) is 5.26 Å². The number of anilines is 1. The van der Waals surface area contributed by atoms with E-state index in [-0.39, 0.29) is 5.82 Å². The molecule has 0 fully saturated rings. The van der Waals surface area contributed by atoms with Gasteiger partial charge < -0.3 is 5.73 Å². The van der Waals surface area contributed by atoms with Gasteiger partial charge in [-0.05, 0) is 29.5 Å². The number of aryl methyl sites for hydroxylation is 1. The molecule has 0 saturated carbocycles. The Labute approximate surface area is 127 Å². The molecule has 5 heteroatoms. The summed E-state index contributed by atoms with van der Waals surface area (Å²) in [4.78, 5) is 4.38. The molecule has 4 rings (SSSR count). The van der Waals surface area contributed by atoms with Crippen molar-refractivity contribution in [2.75, 3.05) is 5.73 Å². The van der Waals surface area contributed by atoms with E-state index in [0.717, 1.165) is 24.0 Å². The molecule has 0 amide bonds. The van der Waals surface area contributed by atoms with Crippen LogP contribution in [0.3, 0.4) is 0 Å². The maximum absolute atomic E-state index is 9.12. The highest BCUT2D eigenvalue weighted by atomic mass is 15.3. The molecule has 2 N–H and O–H groups in total. The van der Waals surface area contributed by atoms with Gasteiger partial charge in [0.15, 0.2) is 11.5 Å². The molecule has 0 radical (unpaired) electrons. The van der Waals surface area contributed by atoms with Gasteiger partial charge in [-0.3, -0.25) is 0 Å². The van der Waals surface area contributed by atoms with Gasteiger partial charge in [-0.15, -0.1) is 5.10 Å². The van der Waals surface area contributed by atoms with Crippen molar-refractivity contribution >= 4 is 17.0 Å². The van der Waals surface area contributed by atoms with Crippen molar-refractivity contribution in [2.24, 2.45) is 0 Å². The van der Waals surface area contributed by atoms with Crippen LogP contribution in [0.25, 0.3) is 11.2 Å². The minimum absolute atomic E-state index is 0.213. The first kappa shape index (κ1) is 12.6. The number of nitrogens with two attached hydrogens (primary N) is 1. The van der Waals surface area contributed by atoms with Crippen molar-refractivity contribution in [3.05, 3.63) is 65.0 Å². The van der Waals surface area contributed by atoms with Gasteiger partial charge in [0.05, 0.1) is 0 Å². The summed E-state index contributed by atoms with van der Waals surface area (Å²) < 4.78 is 1.58. The summed E-state index contributed by atoms with van der Waals surface area (Å²) in [6.45, 7) is 0. The summed E-state index contributed by atoms with van der Waals surface area (Å²) in [5.74, 6) is 0.213. The van der Waals surface area contributed by atoms with E-state index in [1.807, 2.05) is 18.3 Å². The van der Waals surface area contributed by atoms with Crippen LogP contribution in [0.2, 0.25) is 0 Å². The standard InChI is InChI=1S/C17H13N5/c18-8-15-16(19)21-22-10-12(9-20-17(15)22)14-7-3-5-11-4-1-2-6-13(11)14/h1-2,4,6-7,9-10H,3,5H2,(H2,19,21). The number of benzene rings is 1. The van der Waals surface area contributed by atoms with Crippen LogP contribution in [-0.4, -0.2) is 14.6 Å². The molecule has 1 aliphatic carbocycles. The monoisotopic (exact) mass is 287 g/mol. The number of hydrogen-bond donors (Lipinski definition) is 1. The average Bonchev–Trinajstić information content (AvgIpc) is 2.88. The zero-order chi connectivity index (χ0) is 15.1. The Kier molecular flexibility index (Phi) is 2.70. The molecule has 0 unspecified atom stereocenters. The Morgan fingerprint density at radius 3 is 3.00 bits per heavy atom. The highest BCUT2D eigenvalue weighted by Gasteiger charge is 2.16. The zero-order valence-electron chi connectivity index (χ0n) is 11.8. The van der Waals surface area contributed by atoms with Crippen LogP contribution in [0.5, 0.6) is 0 Å². The molecule has 2 aromatic heterocycles. The summed E-state index contributed by atoms with van der Waals surface area (Å²) in [5.41, 5.74) is 11.3. The van der Waals surface area contributed by atoms with Crippen LogP contribution in [0.15, 0.2) is 42.7 Å². The van der Waals surface area contributed by atoms with Crippen LogP contribution in [-0.2, 0) is 6.42 Å². The molecular formula is C17H13N5. The molecule has 0 saturated heterocycles. The third-order valence-corrected chi connectivity index (χ3v) is 3.99. The van der Waals surface area contributed by atoms with Gasteiger partial charge in [-0.2, -0.15) is 5.26 Å². The molecule has 0 bridgehead atoms. The van der Waals surface area contributed by atoms with Crippen molar-refractivity contribution in [2.45, 2.75) is 12.8 Å². The number of nitriles is 1. The number of nitrogens with zero attached hydrogens (tertiary/aromatic N) is 4. The van der Waals surface area contributed by atoms with Crippen LogP contribution in [0, 0.1) is 11.3 Å². The third kappa shape index (κ3) is 1.78. The molecule has 1 aromatic carbocycles. The second-order valence-corrected chi connectivity index (χ2v) is 5.30. The lowest BCUT2D eigenvalue weighted by Gasteiger charge is -2.17. The van der Waals surface area contributed by atoms with Crippen molar-refractivity contribution < 1.29 is 0 Å². The van der Waals surface area contributed by atoms with Crippen LogP contribution < -0.4 is 5.73 Å². The van der Waals surface area contributed by atoms with E-state index in [1.54, 1.807) is 10.7 Å². The molecule has 22 heavy (non-hydrogen) atoms. The van der Waals surface area contributed by atoms with E-state index in [4.69, 9.17) is 11.0 Å². The predicted molar refractivity (Wildman–Crippen MR) is 84.0 cm³/mol. The maximum Gasteiger partial charge on any atom is 0.175 e. The van der Waals surface area contributed by atoms with Crippen molar-refractivity contribution in [1.82, 2.24) is 14.6 Å². The number of fused-ring (bicyclic) bond motifs is 2. The fraction of sp³-hybridized carbons (Fsp3) is 0.118. The fourth-order valence-corrected chi connectivity index (χ4v) is 2.95. The summed E-state index contributed by atoms with van der Waals surface area (Å²) in [7, 11) is 0. The van der Waals surface area contributed by atoms with Crippen molar-refractivity contribution in [3.8, 4) is 6.07 Å². The molecule has 5 nitrogen and oxygen atoms in total. The maximum atomic E-state index is 9.12. The normalized spacial score (nSPS) is 13.5. The lowest BCUT2D eigenvalue weighted by molar-refractivity contribution is 0.935. The molecule has 2 heterocycles. The summed E-state index contributed by atoms with van der Waals surface area (Å²) in [5, 5.41) is 13.3. The smallest absolute Gasteiger partial charge is 0.175 e. The number of hydrogen-bond acceptors (Lipinski definition) is 4. The molecule has 0 atom stereocenters. The lowest BCUT2D eigenvalue weighted by Crippen LogP contribution is -2.02. The van der Waals surface area contributed by atoms with E-state index in [0.29, 0.717) is 11.2 Å². The minimum atomic E-state index is 0.213. The molecule has 106 valence electrons. The minimum Gasteiger partial charge on any atom is -0.381 e. The van der Waals surface area contributed by atoms with Crippen LogP contribution >= 0.6 is 0 Å². The first-order valence-corrected chi connectivity index (χ1v) is 7.10. The topological polar surface area (TPSA) is 80.0 Å². The molecule has 0 spiro atoms. The lowest BCUT2D eigenvalue weighted by atomic mass is 9.88. The Morgan fingerprint density at radius 2 is 2.14 bits per heavy atom. The first-order chi connectivity index (χ1) is 10.8. The van der Waals surface area contributed by atoms with Gasteiger partial charge in [0, 0.05) is 18.0 Å². The summed E-state index contributed by atoms with van der Waals surface area (Å²) >= 11 is 0. The highest BCUT2D eigenvalue weighted by Crippen LogP contribution is 2.31. The highest BCUT2D eigenvalue weighted by molar-refractivity contribution is 5.82. The number of nitrogen functional groups attached to an aromatic ring is 1. The van der Waals surface area contributed by atoms with Gasteiger partial charge in [0.1, 0.15) is 11.6 Å². The first-order valence-electron chi connectivity index (χ1n) is 7.10. The molecule has 3 aromatic rings. The Bertz CT molecular complexity index is 959. The van der Waals surface area contributed by atoms with Gasteiger partial charge >= 0.3 is 0 Å². The second-order valence-electron chi connectivity index (χ2n) is 5.30. The van der Waals surface area contributed by atoms with Gasteiger partial charge in [0.25, 0.3) is 0 Å². The average molecular weight is 287 g/mol. The molecular weight excluding hydrogens is 274 g/mol. The quantitative estimate of drug-likeness (QED) is 0.746. The molecule has 0 aliphatic heterocycles. The van der Waals surface area contributed by atoms with Crippen molar-refractivity contribution in [3.63, 3.8) is 0 Å². The zero-order valence-corrected chi connectivity index (χ0v) is 11.8. The van der Waals surface area contributed by atoms with Gasteiger partial charge in [-0.25, -0.2) is 9.50 Å². The largest absolute Gasteiger partial charge is 0.381 e. The Balaban J connectivity index is 1.89. The Morgan fingerprint density at radius 1 is 1.27 bits per heavy atom. The fourth-order valence-electron chi connectivity index (χ4n) is 2.95. The number of allylic oxidation sites excluding steroid dienone is 1. The van der Waals surface area contributed by atoms with Gasteiger partial charge in [-0.1, -0.05) is 30.3 Å². The van der Waals surface area contributed by atoms with E-state index < -0.39 is 0 Å². The summed E-state index contributed by atoms with van der Waals surface area (Å²) in [6, 6.07) is 10.4. The number of aromatic nitrogens is 3. The van der Waals surface area contributed by atoms with Crippen LogP contribution in [0.4, 0.5) is 5.82 Å². The van der Waals surface area contributed by atoms with E-state index in [1.165, 1.54) is 11.1 Å². The van der Waals surface area contributed by atoms with E-state index in [9.17, 15) is 0 Å². The summed E-state index contributed by atoms with van der Waals surface area (Å²) in [6.07, 6.45) is 7.96. The number of rotatable bonds is 1. The van der Waals surface area contributed by atoms with Crippen LogP contribution in [0.1, 0.15) is 28.7 Å². The van der Waals surface area contributed by atoms with E-state index in [2.05, 4.69) is 34.4 Å². The Hall–Kier alpha value is -3.13. The SMILES string of the molecule is N#Cc1c(N)nn2cc(C3=CCCc4ccccc43)cnc12. The second kappa shape index (κ2) is 4.71. The molecule has 1 aliphatic rings. The predicted octanol–water partition coefficient (Wildman–Crippen LogP) is 2.56. The third-order valence-electron chi connectivity index (χ3n) is 3.99. The van der Waals surface area contributed by atoms with Gasteiger partial charge in [0.2, 0.25) is 0 Å².